The molecule has 1 unspecified atom stereocenters. The summed E-state index contributed by atoms with van der Waals surface area (Å²) < 4.78 is 5.50. The zero-order valence-electron chi connectivity index (χ0n) is 11.1. The molecule has 0 aliphatic carbocycles. The number of benzene rings is 1. The van der Waals surface area contributed by atoms with E-state index in [0.717, 1.165) is 50.4 Å². The van der Waals surface area contributed by atoms with Crippen LogP contribution >= 0.6 is 0 Å². The Morgan fingerprint density at radius 3 is 2.89 bits per heavy atom. The van der Waals surface area contributed by atoms with Gasteiger partial charge in [-0.25, -0.2) is 0 Å². The number of nitrogens with one attached hydrogen (secondary N) is 1. The monoisotopic (exact) mass is 260 g/mol. The standard InChI is InChI=1S/C15H20N2O2/c18-15-8-3-9-17(15)14-7-2-1-6-13(14)16-12-5-4-10-19-11-12/h1-2,6-7,12,16H,3-5,8-11H2. The molecular weight excluding hydrogens is 240 g/mol. The topological polar surface area (TPSA) is 41.6 Å². The van der Waals surface area contributed by atoms with Crippen LogP contribution in [0.15, 0.2) is 24.3 Å². The summed E-state index contributed by atoms with van der Waals surface area (Å²) in [5.74, 6) is 0.231. The first kappa shape index (κ1) is 12.5. The molecular formula is C15H20N2O2. The number of rotatable bonds is 3. The zero-order valence-corrected chi connectivity index (χ0v) is 11.1. The van der Waals surface area contributed by atoms with Crippen LogP contribution in [0.25, 0.3) is 0 Å². The fourth-order valence-electron chi connectivity index (χ4n) is 2.81. The van der Waals surface area contributed by atoms with Gasteiger partial charge >= 0.3 is 0 Å². The Labute approximate surface area is 113 Å². The molecule has 0 radical (unpaired) electrons. The maximum Gasteiger partial charge on any atom is 0.227 e. The van der Waals surface area contributed by atoms with Crippen LogP contribution in [0.2, 0.25) is 0 Å². The van der Waals surface area contributed by atoms with Crippen molar-refractivity contribution in [1.29, 1.82) is 0 Å². The normalized spacial score (nSPS) is 23.7. The molecule has 4 heteroatoms. The fourth-order valence-corrected chi connectivity index (χ4v) is 2.81. The van der Waals surface area contributed by atoms with E-state index in [-0.39, 0.29) is 5.91 Å². The average Bonchev–Trinajstić information content (AvgIpc) is 2.87. The van der Waals surface area contributed by atoms with E-state index in [9.17, 15) is 4.79 Å². The lowest BCUT2D eigenvalue weighted by molar-refractivity contribution is -0.117. The predicted octanol–water partition coefficient (Wildman–Crippen LogP) is 2.40. The molecule has 2 aliphatic rings. The molecule has 102 valence electrons. The van der Waals surface area contributed by atoms with Crippen LogP contribution in [0.5, 0.6) is 0 Å². The number of ether oxygens (including phenoxy) is 1. The Hall–Kier alpha value is -1.55. The largest absolute Gasteiger partial charge is 0.379 e. The third-order valence-corrected chi connectivity index (χ3v) is 3.79. The van der Waals surface area contributed by atoms with Crippen LogP contribution < -0.4 is 10.2 Å². The van der Waals surface area contributed by atoms with E-state index < -0.39 is 0 Å². The van der Waals surface area contributed by atoms with Crippen molar-refractivity contribution in [2.45, 2.75) is 31.7 Å². The molecule has 2 heterocycles. The minimum absolute atomic E-state index is 0.231. The molecule has 0 bridgehead atoms. The summed E-state index contributed by atoms with van der Waals surface area (Å²) >= 11 is 0. The van der Waals surface area contributed by atoms with Gasteiger partial charge in [-0.1, -0.05) is 12.1 Å². The SMILES string of the molecule is O=C1CCCN1c1ccccc1NC1CCCOC1. The van der Waals surface area contributed by atoms with Gasteiger partial charge in [-0.15, -0.1) is 0 Å². The highest BCUT2D eigenvalue weighted by Crippen LogP contribution is 2.30. The molecule has 2 aliphatic heterocycles. The molecule has 19 heavy (non-hydrogen) atoms. The third kappa shape index (κ3) is 2.73. The molecule has 2 fully saturated rings. The Bertz CT molecular complexity index is 455. The van der Waals surface area contributed by atoms with E-state index in [2.05, 4.69) is 11.4 Å². The Kier molecular flexibility index (Phi) is 3.69. The first-order valence-electron chi connectivity index (χ1n) is 7.08. The number of carbonyl (C=O) groups is 1. The molecule has 1 aromatic carbocycles. The number of hydrogen-bond acceptors (Lipinski definition) is 3. The van der Waals surface area contributed by atoms with Crippen LogP contribution in [-0.2, 0) is 9.53 Å². The smallest absolute Gasteiger partial charge is 0.227 e. The second-order valence-electron chi connectivity index (χ2n) is 5.22. The molecule has 1 atom stereocenters. The van der Waals surface area contributed by atoms with Crippen LogP contribution in [0.3, 0.4) is 0 Å². The van der Waals surface area contributed by atoms with Crippen molar-refractivity contribution >= 4 is 17.3 Å². The van der Waals surface area contributed by atoms with Crippen molar-refractivity contribution in [2.24, 2.45) is 0 Å². The van der Waals surface area contributed by atoms with Gasteiger partial charge in [0.05, 0.1) is 18.0 Å². The second kappa shape index (κ2) is 5.61. The van der Waals surface area contributed by atoms with Gasteiger partial charge in [0.25, 0.3) is 0 Å². The minimum atomic E-state index is 0.231. The van der Waals surface area contributed by atoms with Gasteiger partial charge in [0.1, 0.15) is 0 Å². The molecule has 1 aromatic rings. The highest BCUT2D eigenvalue weighted by molar-refractivity contribution is 5.98. The summed E-state index contributed by atoms with van der Waals surface area (Å²) in [6.45, 7) is 2.45. The summed E-state index contributed by atoms with van der Waals surface area (Å²) in [5.41, 5.74) is 2.06. The highest BCUT2D eigenvalue weighted by atomic mass is 16.5. The van der Waals surface area contributed by atoms with Crippen molar-refractivity contribution in [3.05, 3.63) is 24.3 Å². The molecule has 2 saturated heterocycles. The van der Waals surface area contributed by atoms with Crippen LogP contribution in [0.1, 0.15) is 25.7 Å². The number of carbonyl (C=O) groups excluding carboxylic acids is 1. The summed E-state index contributed by atoms with van der Waals surface area (Å²) in [6.07, 6.45) is 3.85. The van der Waals surface area contributed by atoms with E-state index >= 15 is 0 Å². The summed E-state index contributed by atoms with van der Waals surface area (Å²) in [5, 5.41) is 3.53. The molecule has 0 spiro atoms. The summed E-state index contributed by atoms with van der Waals surface area (Å²) in [4.78, 5) is 13.8. The third-order valence-electron chi connectivity index (χ3n) is 3.79. The molecule has 3 rings (SSSR count). The predicted molar refractivity (Wildman–Crippen MR) is 75.5 cm³/mol. The lowest BCUT2D eigenvalue weighted by Crippen LogP contribution is -2.31. The van der Waals surface area contributed by atoms with Crippen molar-refractivity contribution in [1.82, 2.24) is 0 Å². The maximum absolute atomic E-state index is 11.9. The van der Waals surface area contributed by atoms with E-state index in [1.54, 1.807) is 0 Å². The van der Waals surface area contributed by atoms with Crippen molar-refractivity contribution in [3.63, 3.8) is 0 Å². The number of para-hydroxylation sites is 2. The maximum atomic E-state index is 11.9. The number of anilines is 2. The number of hydrogen-bond donors (Lipinski definition) is 1. The lowest BCUT2D eigenvalue weighted by Gasteiger charge is -2.27. The van der Waals surface area contributed by atoms with Crippen LogP contribution in [-0.4, -0.2) is 31.7 Å². The second-order valence-corrected chi connectivity index (χ2v) is 5.22. The van der Waals surface area contributed by atoms with Crippen molar-refractivity contribution in [3.8, 4) is 0 Å². The number of nitrogens with zero attached hydrogens (tertiary/aromatic N) is 1. The van der Waals surface area contributed by atoms with E-state index in [1.165, 1.54) is 0 Å². The first-order chi connectivity index (χ1) is 9.34. The Balaban J connectivity index is 1.78. The number of amides is 1. The van der Waals surface area contributed by atoms with Gasteiger partial charge in [-0.3, -0.25) is 4.79 Å². The van der Waals surface area contributed by atoms with Gasteiger partial charge in [0.2, 0.25) is 5.91 Å². The Morgan fingerprint density at radius 2 is 2.16 bits per heavy atom. The van der Waals surface area contributed by atoms with Gasteiger partial charge in [0, 0.05) is 25.6 Å². The van der Waals surface area contributed by atoms with E-state index in [0.29, 0.717) is 12.5 Å². The minimum Gasteiger partial charge on any atom is -0.379 e. The van der Waals surface area contributed by atoms with Gasteiger partial charge < -0.3 is 15.0 Å². The molecule has 1 N–H and O–H groups in total. The van der Waals surface area contributed by atoms with Gasteiger partial charge in [-0.2, -0.15) is 0 Å². The van der Waals surface area contributed by atoms with E-state index in [1.807, 2.05) is 23.1 Å². The zero-order chi connectivity index (χ0) is 13.1. The molecule has 0 aromatic heterocycles. The van der Waals surface area contributed by atoms with E-state index in [4.69, 9.17) is 4.74 Å². The summed E-state index contributed by atoms with van der Waals surface area (Å²) in [7, 11) is 0. The molecule has 4 nitrogen and oxygen atoms in total. The summed E-state index contributed by atoms with van der Waals surface area (Å²) in [6, 6.07) is 8.43. The quantitative estimate of drug-likeness (QED) is 0.907. The highest BCUT2D eigenvalue weighted by Gasteiger charge is 2.24. The van der Waals surface area contributed by atoms with Crippen LogP contribution in [0.4, 0.5) is 11.4 Å². The molecule has 0 saturated carbocycles. The lowest BCUT2D eigenvalue weighted by atomic mass is 10.1. The van der Waals surface area contributed by atoms with Crippen LogP contribution in [0, 0.1) is 0 Å². The fraction of sp³-hybridized carbons (Fsp3) is 0.533. The first-order valence-corrected chi connectivity index (χ1v) is 7.08. The van der Waals surface area contributed by atoms with Crippen molar-refractivity contribution < 1.29 is 9.53 Å². The Morgan fingerprint density at radius 1 is 1.26 bits per heavy atom. The van der Waals surface area contributed by atoms with Crippen molar-refractivity contribution in [2.75, 3.05) is 30.0 Å². The molecule has 1 amide bonds. The van der Waals surface area contributed by atoms with Gasteiger partial charge in [0.15, 0.2) is 0 Å². The average molecular weight is 260 g/mol. The van der Waals surface area contributed by atoms with Gasteiger partial charge in [-0.05, 0) is 31.4 Å².